The highest BCUT2D eigenvalue weighted by atomic mass is 35.5. The highest BCUT2D eigenvalue weighted by Gasteiger charge is 2.15. The van der Waals surface area contributed by atoms with Crippen LogP contribution in [0.1, 0.15) is 10.4 Å². The molecular formula is C10H6ClN3O3S. The van der Waals surface area contributed by atoms with Crippen LogP contribution in [0.5, 0.6) is 0 Å². The monoisotopic (exact) mass is 283 g/mol. The van der Waals surface area contributed by atoms with Crippen LogP contribution in [0.25, 0.3) is 0 Å². The van der Waals surface area contributed by atoms with Gasteiger partial charge in [0.1, 0.15) is 6.20 Å². The summed E-state index contributed by atoms with van der Waals surface area (Å²) in [5.41, 5.74) is 0.289. The molecule has 1 amide bonds. The van der Waals surface area contributed by atoms with Crippen molar-refractivity contribution in [1.82, 2.24) is 4.98 Å². The van der Waals surface area contributed by atoms with Crippen molar-refractivity contribution in [3.8, 4) is 0 Å². The lowest BCUT2D eigenvalue weighted by Crippen LogP contribution is -2.11. The summed E-state index contributed by atoms with van der Waals surface area (Å²) in [6.07, 6.45) is 1.09. The number of rotatable bonds is 3. The van der Waals surface area contributed by atoms with Crippen molar-refractivity contribution >= 4 is 39.0 Å². The van der Waals surface area contributed by atoms with Crippen LogP contribution in [0.2, 0.25) is 5.02 Å². The summed E-state index contributed by atoms with van der Waals surface area (Å²) >= 11 is 6.64. The average molecular weight is 284 g/mol. The SMILES string of the molecule is O=C(Nc1ncc([N+](=O)[O-])s1)c1ccccc1Cl. The van der Waals surface area contributed by atoms with Crippen LogP contribution >= 0.6 is 22.9 Å². The molecular weight excluding hydrogens is 278 g/mol. The van der Waals surface area contributed by atoms with Crippen LogP contribution in [0.3, 0.4) is 0 Å². The lowest BCUT2D eigenvalue weighted by molar-refractivity contribution is -0.380. The largest absolute Gasteiger partial charge is 0.345 e. The van der Waals surface area contributed by atoms with Crippen LogP contribution in [0.15, 0.2) is 30.5 Å². The number of halogens is 1. The molecule has 2 rings (SSSR count). The second kappa shape index (κ2) is 5.11. The predicted octanol–water partition coefficient (Wildman–Crippen LogP) is 2.96. The number of carbonyl (C=O) groups is 1. The minimum Gasteiger partial charge on any atom is -0.298 e. The Labute approximate surface area is 110 Å². The van der Waals surface area contributed by atoms with E-state index in [4.69, 9.17) is 11.6 Å². The van der Waals surface area contributed by atoms with Crippen molar-refractivity contribution in [2.24, 2.45) is 0 Å². The van der Waals surface area contributed by atoms with Gasteiger partial charge in [0.15, 0.2) is 5.13 Å². The van der Waals surface area contributed by atoms with E-state index in [1.165, 1.54) is 0 Å². The van der Waals surface area contributed by atoms with E-state index >= 15 is 0 Å². The lowest BCUT2D eigenvalue weighted by Gasteiger charge is -2.02. The summed E-state index contributed by atoms with van der Waals surface area (Å²) in [5.74, 6) is -0.454. The van der Waals surface area contributed by atoms with E-state index in [-0.39, 0.29) is 15.7 Å². The third-order valence-electron chi connectivity index (χ3n) is 2.01. The molecule has 0 atom stereocenters. The average Bonchev–Trinajstić information content (AvgIpc) is 2.78. The Morgan fingerprint density at radius 2 is 2.17 bits per heavy atom. The zero-order valence-electron chi connectivity index (χ0n) is 8.79. The van der Waals surface area contributed by atoms with Crippen LogP contribution < -0.4 is 5.32 Å². The third-order valence-corrected chi connectivity index (χ3v) is 3.21. The Bertz CT molecular complexity index is 614. The molecule has 0 fully saturated rings. The van der Waals surface area contributed by atoms with Gasteiger partial charge in [-0.25, -0.2) is 4.98 Å². The van der Waals surface area contributed by atoms with Gasteiger partial charge in [0.2, 0.25) is 0 Å². The highest BCUT2D eigenvalue weighted by Crippen LogP contribution is 2.26. The van der Waals surface area contributed by atoms with E-state index in [0.717, 1.165) is 17.5 Å². The molecule has 1 N–H and O–H groups in total. The van der Waals surface area contributed by atoms with Gasteiger partial charge in [0, 0.05) is 0 Å². The maximum atomic E-state index is 11.8. The van der Waals surface area contributed by atoms with E-state index < -0.39 is 10.8 Å². The molecule has 18 heavy (non-hydrogen) atoms. The van der Waals surface area contributed by atoms with Gasteiger partial charge in [-0.3, -0.25) is 20.2 Å². The summed E-state index contributed by atoms with van der Waals surface area (Å²) in [4.78, 5) is 25.4. The van der Waals surface area contributed by atoms with Gasteiger partial charge in [0.05, 0.1) is 15.5 Å². The lowest BCUT2D eigenvalue weighted by atomic mass is 10.2. The van der Waals surface area contributed by atoms with Gasteiger partial charge in [0.25, 0.3) is 5.91 Å². The molecule has 1 aromatic heterocycles. The number of aromatic nitrogens is 1. The number of nitrogens with zero attached hydrogens (tertiary/aromatic N) is 2. The van der Waals surface area contributed by atoms with E-state index in [1.54, 1.807) is 24.3 Å². The molecule has 0 saturated heterocycles. The molecule has 8 heteroatoms. The molecule has 0 saturated carbocycles. The molecule has 2 aromatic rings. The second-order valence-corrected chi connectivity index (χ2v) is 4.61. The third kappa shape index (κ3) is 2.63. The number of thiazole rings is 1. The number of anilines is 1. The van der Waals surface area contributed by atoms with Crippen LogP contribution in [-0.2, 0) is 0 Å². The molecule has 0 bridgehead atoms. The molecule has 0 unspecified atom stereocenters. The number of benzene rings is 1. The first-order valence-electron chi connectivity index (χ1n) is 4.74. The zero-order chi connectivity index (χ0) is 13.1. The highest BCUT2D eigenvalue weighted by molar-refractivity contribution is 7.18. The smallest absolute Gasteiger partial charge is 0.298 e. The minimum atomic E-state index is -0.567. The van der Waals surface area contributed by atoms with Crippen LogP contribution in [-0.4, -0.2) is 15.8 Å². The number of nitrogens with one attached hydrogen (secondary N) is 1. The summed E-state index contributed by atoms with van der Waals surface area (Å²) in [6, 6.07) is 6.51. The Hall–Kier alpha value is -1.99. The van der Waals surface area contributed by atoms with Crippen LogP contribution in [0, 0.1) is 10.1 Å². The van der Waals surface area contributed by atoms with E-state index in [1.807, 2.05) is 0 Å². The van der Waals surface area contributed by atoms with Gasteiger partial charge in [-0.15, -0.1) is 0 Å². The van der Waals surface area contributed by atoms with Crippen molar-refractivity contribution in [1.29, 1.82) is 0 Å². The summed E-state index contributed by atoms with van der Waals surface area (Å²) < 4.78 is 0. The van der Waals surface area contributed by atoms with Crippen molar-refractivity contribution in [2.45, 2.75) is 0 Å². The fraction of sp³-hybridized carbons (Fsp3) is 0. The Kier molecular flexibility index (Phi) is 3.54. The summed E-state index contributed by atoms with van der Waals surface area (Å²) in [6.45, 7) is 0. The van der Waals surface area contributed by atoms with Crippen molar-refractivity contribution in [3.63, 3.8) is 0 Å². The number of amides is 1. The predicted molar refractivity (Wildman–Crippen MR) is 68.2 cm³/mol. The number of hydrogen-bond donors (Lipinski definition) is 1. The van der Waals surface area contributed by atoms with Gasteiger partial charge in [-0.1, -0.05) is 23.7 Å². The Morgan fingerprint density at radius 3 is 2.78 bits per heavy atom. The van der Waals surface area contributed by atoms with E-state index in [0.29, 0.717) is 5.02 Å². The number of hydrogen-bond acceptors (Lipinski definition) is 5. The molecule has 1 aromatic carbocycles. The van der Waals surface area contributed by atoms with Crippen LogP contribution in [0.4, 0.5) is 10.1 Å². The zero-order valence-corrected chi connectivity index (χ0v) is 10.4. The van der Waals surface area contributed by atoms with E-state index in [9.17, 15) is 14.9 Å². The molecule has 0 radical (unpaired) electrons. The second-order valence-electron chi connectivity index (χ2n) is 3.19. The fourth-order valence-electron chi connectivity index (χ4n) is 1.22. The van der Waals surface area contributed by atoms with Gasteiger partial charge in [-0.2, -0.15) is 0 Å². The van der Waals surface area contributed by atoms with Gasteiger partial charge < -0.3 is 0 Å². The molecule has 6 nitrogen and oxygen atoms in total. The quantitative estimate of drug-likeness (QED) is 0.693. The summed E-state index contributed by atoms with van der Waals surface area (Å²) in [5, 5.41) is 13.3. The number of carbonyl (C=O) groups excluding carboxylic acids is 1. The Balaban J connectivity index is 2.16. The molecule has 0 aliphatic rings. The molecule has 92 valence electrons. The number of nitro groups is 1. The van der Waals surface area contributed by atoms with Crippen molar-refractivity contribution < 1.29 is 9.72 Å². The van der Waals surface area contributed by atoms with Gasteiger partial charge >= 0.3 is 5.00 Å². The normalized spacial score (nSPS) is 10.1. The molecule has 0 spiro atoms. The maximum absolute atomic E-state index is 11.8. The van der Waals surface area contributed by atoms with Gasteiger partial charge in [-0.05, 0) is 23.5 Å². The topological polar surface area (TPSA) is 85.1 Å². The molecule has 0 aliphatic heterocycles. The standard InChI is InChI=1S/C10H6ClN3O3S/c11-7-4-2-1-3-6(7)9(15)13-10-12-5-8(18-10)14(16)17/h1-5H,(H,12,13,15). The first-order chi connectivity index (χ1) is 8.58. The summed E-state index contributed by atoms with van der Waals surface area (Å²) in [7, 11) is 0. The molecule has 0 aliphatic carbocycles. The minimum absolute atomic E-state index is 0.135. The van der Waals surface area contributed by atoms with Crippen molar-refractivity contribution in [3.05, 3.63) is 51.2 Å². The first kappa shape index (κ1) is 12.5. The molecule has 1 heterocycles. The first-order valence-corrected chi connectivity index (χ1v) is 5.93. The fourth-order valence-corrected chi connectivity index (χ4v) is 2.07. The maximum Gasteiger partial charge on any atom is 0.345 e. The van der Waals surface area contributed by atoms with Crippen molar-refractivity contribution in [2.75, 3.05) is 5.32 Å². The van der Waals surface area contributed by atoms with E-state index in [2.05, 4.69) is 10.3 Å². The Morgan fingerprint density at radius 1 is 1.44 bits per heavy atom.